The number of hydrogen-bond acceptors (Lipinski definition) is 2. The minimum atomic E-state index is -4.64. The number of alkyl halides is 3. The van der Waals surface area contributed by atoms with Crippen molar-refractivity contribution in [2.24, 2.45) is 5.73 Å². The fourth-order valence-corrected chi connectivity index (χ4v) is 1.37. The Morgan fingerprint density at radius 3 is 2.38 bits per heavy atom. The number of benzene rings is 1. The molecule has 0 spiro atoms. The van der Waals surface area contributed by atoms with Gasteiger partial charge in [-0.15, -0.1) is 0 Å². The lowest BCUT2D eigenvalue weighted by atomic mass is 10.0. The molecule has 0 unspecified atom stereocenters. The maximum absolute atomic E-state index is 13.3. The summed E-state index contributed by atoms with van der Waals surface area (Å²) in [5.74, 6) is -1.05. The van der Waals surface area contributed by atoms with Crippen molar-refractivity contribution in [3.05, 3.63) is 34.1 Å². The molecule has 0 fully saturated rings. The number of aliphatic hydroxyl groups excluding tert-OH is 1. The molecule has 0 aromatic heterocycles. The van der Waals surface area contributed by atoms with Crippen molar-refractivity contribution < 1.29 is 22.7 Å². The standard InChI is InChI=1S/C9H8ClF4NO/c10-6-2-4(9(12,13)14)1-5(8(6)11)7(15)3-16/h1-2,7,16H,3,15H2/t7-/m0/s1. The number of aliphatic hydroxyl groups is 1. The van der Waals surface area contributed by atoms with E-state index < -0.39 is 40.8 Å². The molecule has 1 rings (SSSR count). The highest BCUT2D eigenvalue weighted by molar-refractivity contribution is 6.30. The Labute approximate surface area is 93.6 Å². The zero-order chi connectivity index (χ0) is 12.5. The first-order valence-electron chi connectivity index (χ1n) is 4.20. The van der Waals surface area contributed by atoms with Gasteiger partial charge in [0.1, 0.15) is 5.82 Å². The summed E-state index contributed by atoms with van der Waals surface area (Å²) in [6.45, 7) is -0.672. The summed E-state index contributed by atoms with van der Waals surface area (Å²) in [6, 6.07) is -0.216. The van der Waals surface area contributed by atoms with E-state index in [0.717, 1.165) is 0 Å². The van der Waals surface area contributed by atoms with Crippen LogP contribution in [0.2, 0.25) is 5.02 Å². The molecule has 0 amide bonds. The van der Waals surface area contributed by atoms with E-state index in [9.17, 15) is 17.6 Å². The van der Waals surface area contributed by atoms with Crippen molar-refractivity contribution in [2.45, 2.75) is 12.2 Å². The summed E-state index contributed by atoms with van der Waals surface area (Å²) in [5, 5.41) is 8.01. The van der Waals surface area contributed by atoms with Crippen molar-refractivity contribution in [2.75, 3.05) is 6.61 Å². The fraction of sp³-hybridized carbons (Fsp3) is 0.333. The largest absolute Gasteiger partial charge is 0.416 e. The van der Waals surface area contributed by atoms with Crippen LogP contribution >= 0.6 is 11.6 Å². The minimum absolute atomic E-state index is 0.456. The predicted molar refractivity (Wildman–Crippen MR) is 50.4 cm³/mol. The first kappa shape index (κ1) is 13.2. The molecule has 0 radical (unpaired) electrons. The van der Waals surface area contributed by atoms with Crippen LogP contribution in [0.5, 0.6) is 0 Å². The van der Waals surface area contributed by atoms with Crippen LogP contribution in [0.25, 0.3) is 0 Å². The Hall–Kier alpha value is -0.850. The van der Waals surface area contributed by atoms with Crippen molar-refractivity contribution in [1.82, 2.24) is 0 Å². The third-order valence-corrected chi connectivity index (χ3v) is 2.25. The molecule has 90 valence electrons. The van der Waals surface area contributed by atoms with Gasteiger partial charge >= 0.3 is 6.18 Å². The molecule has 0 aliphatic rings. The van der Waals surface area contributed by atoms with Gasteiger partial charge in [-0.2, -0.15) is 13.2 Å². The SMILES string of the molecule is N[C@@H](CO)c1cc(C(F)(F)F)cc(Cl)c1F. The van der Waals surface area contributed by atoms with Crippen molar-refractivity contribution in [3.63, 3.8) is 0 Å². The maximum atomic E-state index is 13.3. The Kier molecular flexibility index (Phi) is 3.77. The van der Waals surface area contributed by atoms with E-state index in [1.165, 1.54) is 0 Å². The van der Waals surface area contributed by atoms with Gasteiger partial charge in [-0.25, -0.2) is 4.39 Å². The summed E-state index contributed by atoms with van der Waals surface area (Å²) in [4.78, 5) is 0. The molecule has 3 N–H and O–H groups in total. The lowest BCUT2D eigenvalue weighted by Crippen LogP contribution is -2.18. The predicted octanol–water partition coefficient (Wildman–Crippen LogP) is 2.49. The van der Waals surface area contributed by atoms with Gasteiger partial charge in [0, 0.05) is 5.56 Å². The van der Waals surface area contributed by atoms with E-state index in [1.807, 2.05) is 0 Å². The number of halogens is 5. The third kappa shape index (κ3) is 2.63. The van der Waals surface area contributed by atoms with E-state index >= 15 is 0 Å². The molecule has 16 heavy (non-hydrogen) atoms. The average Bonchev–Trinajstić information content (AvgIpc) is 2.19. The highest BCUT2D eigenvalue weighted by Crippen LogP contribution is 2.34. The second-order valence-corrected chi connectivity index (χ2v) is 3.56. The van der Waals surface area contributed by atoms with Crippen molar-refractivity contribution >= 4 is 11.6 Å². The highest BCUT2D eigenvalue weighted by atomic mass is 35.5. The summed E-state index contributed by atoms with van der Waals surface area (Å²) in [5.41, 5.74) is 3.70. The molecule has 0 bridgehead atoms. The molecular formula is C9H8ClF4NO. The third-order valence-electron chi connectivity index (χ3n) is 1.98. The molecule has 1 aromatic carbocycles. The normalized spacial score (nSPS) is 13.9. The van der Waals surface area contributed by atoms with Crippen LogP contribution in [0.4, 0.5) is 17.6 Å². The first-order chi connectivity index (χ1) is 7.27. The second kappa shape index (κ2) is 4.57. The van der Waals surface area contributed by atoms with Gasteiger partial charge in [0.25, 0.3) is 0 Å². The Morgan fingerprint density at radius 1 is 1.38 bits per heavy atom. The van der Waals surface area contributed by atoms with Gasteiger partial charge in [0.05, 0.1) is 23.2 Å². The van der Waals surface area contributed by atoms with Crippen LogP contribution < -0.4 is 5.73 Å². The maximum Gasteiger partial charge on any atom is 0.416 e. The molecule has 2 nitrogen and oxygen atoms in total. The van der Waals surface area contributed by atoms with Crippen molar-refractivity contribution in [3.8, 4) is 0 Å². The molecule has 0 heterocycles. The van der Waals surface area contributed by atoms with Gasteiger partial charge in [0.2, 0.25) is 0 Å². The Morgan fingerprint density at radius 2 is 1.94 bits per heavy atom. The zero-order valence-corrected chi connectivity index (χ0v) is 8.61. The summed E-state index contributed by atoms with van der Waals surface area (Å²) < 4.78 is 50.4. The smallest absolute Gasteiger partial charge is 0.394 e. The molecule has 0 aliphatic carbocycles. The van der Waals surface area contributed by atoms with Crippen LogP contribution in [0.1, 0.15) is 17.2 Å². The van der Waals surface area contributed by atoms with E-state index in [1.54, 1.807) is 0 Å². The summed E-state index contributed by atoms with van der Waals surface area (Å²) in [7, 11) is 0. The van der Waals surface area contributed by atoms with E-state index in [-0.39, 0.29) is 0 Å². The fourth-order valence-electron chi connectivity index (χ4n) is 1.14. The lowest BCUT2D eigenvalue weighted by molar-refractivity contribution is -0.137. The minimum Gasteiger partial charge on any atom is -0.394 e. The van der Waals surface area contributed by atoms with Gasteiger partial charge in [0.15, 0.2) is 0 Å². The van der Waals surface area contributed by atoms with E-state index in [2.05, 4.69) is 0 Å². The number of rotatable bonds is 2. The molecule has 1 aromatic rings. The van der Waals surface area contributed by atoms with Crippen LogP contribution in [0.3, 0.4) is 0 Å². The van der Waals surface area contributed by atoms with E-state index in [0.29, 0.717) is 12.1 Å². The molecule has 0 saturated carbocycles. The highest BCUT2D eigenvalue weighted by Gasteiger charge is 2.32. The summed E-state index contributed by atoms with van der Waals surface area (Å²) in [6.07, 6.45) is -4.64. The van der Waals surface area contributed by atoms with E-state index in [4.69, 9.17) is 22.4 Å². The molecule has 0 aliphatic heterocycles. The van der Waals surface area contributed by atoms with Crippen LogP contribution in [0.15, 0.2) is 12.1 Å². The number of nitrogens with two attached hydrogens (primary N) is 1. The average molecular weight is 258 g/mol. The van der Waals surface area contributed by atoms with Gasteiger partial charge in [-0.3, -0.25) is 0 Å². The molecular weight excluding hydrogens is 250 g/mol. The van der Waals surface area contributed by atoms with Gasteiger partial charge in [-0.1, -0.05) is 11.6 Å². The van der Waals surface area contributed by atoms with Gasteiger partial charge in [-0.05, 0) is 12.1 Å². The van der Waals surface area contributed by atoms with Crippen LogP contribution in [-0.2, 0) is 6.18 Å². The van der Waals surface area contributed by atoms with Gasteiger partial charge < -0.3 is 10.8 Å². The zero-order valence-electron chi connectivity index (χ0n) is 7.85. The summed E-state index contributed by atoms with van der Waals surface area (Å²) >= 11 is 5.31. The first-order valence-corrected chi connectivity index (χ1v) is 4.57. The van der Waals surface area contributed by atoms with Crippen LogP contribution in [0, 0.1) is 5.82 Å². The Bertz CT molecular complexity index is 394. The van der Waals surface area contributed by atoms with Crippen molar-refractivity contribution in [1.29, 1.82) is 0 Å². The quantitative estimate of drug-likeness (QED) is 0.800. The number of hydrogen-bond donors (Lipinski definition) is 2. The molecule has 1 atom stereocenters. The Balaban J connectivity index is 3.33. The van der Waals surface area contributed by atoms with Crippen LogP contribution in [-0.4, -0.2) is 11.7 Å². The second-order valence-electron chi connectivity index (χ2n) is 3.15. The lowest BCUT2D eigenvalue weighted by Gasteiger charge is -2.14. The monoisotopic (exact) mass is 257 g/mol. The molecule has 7 heteroatoms. The molecule has 0 saturated heterocycles. The topological polar surface area (TPSA) is 46.2 Å².